The molecule has 3 rings (SSSR count). The smallest absolute Gasteiger partial charge is 0.225 e. The summed E-state index contributed by atoms with van der Waals surface area (Å²) in [5.41, 5.74) is 2.00. The lowest BCUT2D eigenvalue weighted by atomic mass is 10.1. The highest BCUT2D eigenvalue weighted by Crippen LogP contribution is 2.22. The molecule has 0 aliphatic carbocycles. The van der Waals surface area contributed by atoms with Gasteiger partial charge < -0.3 is 10.6 Å². The van der Waals surface area contributed by atoms with E-state index in [0.717, 1.165) is 23.6 Å². The highest BCUT2D eigenvalue weighted by molar-refractivity contribution is 7.09. The Bertz CT molecular complexity index is 739. The summed E-state index contributed by atoms with van der Waals surface area (Å²) in [6.45, 7) is 4.93. The maximum Gasteiger partial charge on any atom is 0.225 e. The molecule has 5 heteroatoms. The Morgan fingerprint density at radius 1 is 1.04 bits per heavy atom. The zero-order valence-corrected chi connectivity index (χ0v) is 14.1. The van der Waals surface area contributed by atoms with E-state index in [4.69, 9.17) is 0 Å². The van der Waals surface area contributed by atoms with Crippen molar-refractivity contribution in [1.82, 2.24) is 9.97 Å². The second-order valence-electron chi connectivity index (χ2n) is 5.56. The van der Waals surface area contributed by atoms with Gasteiger partial charge in [-0.15, -0.1) is 11.3 Å². The van der Waals surface area contributed by atoms with Crippen LogP contribution in [0.15, 0.2) is 53.9 Å². The van der Waals surface area contributed by atoms with E-state index < -0.39 is 0 Å². The highest BCUT2D eigenvalue weighted by atomic mass is 32.1. The summed E-state index contributed by atoms with van der Waals surface area (Å²) < 4.78 is 0. The second-order valence-corrected chi connectivity index (χ2v) is 6.59. The Hall–Kier alpha value is -2.40. The first kappa shape index (κ1) is 15.5. The van der Waals surface area contributed by atoms with Gasteiger partial charge in [0, 0.05) is 22.5 Å². The number of hydrogen-bond acceptors (Lipinski definition) is 5. The van der Waals surface area contributed by atoms with Crippen molar-refractivity contribution in [1.29, 1.82) is 0 Å². The van der Waals surface area contributed by atoms with Gasteiger partial charge in [0.25, 0.3) is 0 Å². The summed E-state index contributed by atoms with van der Waals surface area (Å²) in [6, 6.07) is 16.6. The Labute approximate surface area is 140 Å². The molecule has 2 heterocycles. The Balaban J connectivity index is 1.88. The van der Waals surface area contributed by atoms with Crippen LogP contribution < -0.4 is 10.6 Å². The van der Waals surface area contributed by atoms with Crippen LogP contribution in [0, 0.1) is 0 Å². The molecule has 2 N–H and O–H groups in total. The van der Waals surface area contributed by atoms with Gasteiger partial charge in [-0.25, -0.2) is 4.98 Å². The fourth-order valence-corrected chi connectivity index (χ4v) is 2.85. The summed E-state index contributed by atoms with van der Waals surface area (Å²) in [4.78, 5) is 10.5. The van der Waals surface area contributed by atoms with E-state index in [0.29, 0.717) is 5.95 Å². The van der Waals surface area contributed by atoms with Crippen LogP contribution in [0.25, 0.3) is 11.3 Å². The molecule has 0 radical (unpaired) electrons. The molecule has 1 aromatic carbocycles. The number of benzene rings is 1. The fraction of sp³-hybridized carbons (Fsp3) is 0.222. The first-order valence-corrected chi connectivity index (χ1v) is 8.56. The predicted octanol–water partition coefficient (Wildman–Crippen LogP) is 4.64. The number of nitrogens with one attached hydrogen (secondary N) is 2. The maximum atomic E-state index is 4.63. The van der Waals surface area contributed by atoms with Crippen LogP contribution in [-0.2, 0) is 6.54 Å². The van der Waals surface area contributed by atoms with Gasteiger partial charge in [-0.05, 0) is 25.3 Å². The van der Waals surface area contributed by atoms with Gasteiger partial charge in [-0.3, -0.25) is 0 Å². The Kier molecular flexibility index (Phi) is 4.88. The van der Waals surface area contributed by atoms with Crippen LogP contribution >= 0.6 is 11.3 Å². The molecule has 0 saturated heterocycles. The molecule has 0 aliphatic heterocycles. The number of aromatic nitrogens is 2. The van der Waals surface area contributed by atoms with Crippen molar-refractivity contribution in [3.05, 3.63) is 58.8 Å². The normalized spacial score (nSPS) is 10.7. The molecule has 0 amide bonds. The van der Waals surface area contributed by atoms with Crippen molar-refractivity contribution >= 4 is 23.1 Å². The predicted molar refractivity (Wildman–Crippen MR) is 97.9 cm³/mol. The van der Waals surface area contributed by atoms with Crippen molar-refractivity contribution in [3.8, 4) is 11.3 Å². The minimum absolute atomic E-state index is 0.283. The molecule has 0 aliphatic rings. The minimum atomic E-state index is 0.283. The zero-order chi connectivity index (χ0) is 16.1. The van der Waals surface area contributed by atoms with Crippen molar-refractivity contribution in [3.63, 3.8) is 0 Å². The molecule has 2 aromatic heterocycles. The third-order valence-corrected chi connectivity index (χ3v) is 4.11. The molecular formula is C18H20N4S. The summed E-state index contributed by atoms with van der Waals surface area (Å²) in [5, 5.41) is 8.76. The van der Waals surface area contributed by atoms with Gasteiger partial charge in [0.15, 0.2) is 0 Å². The van der Waals surface area contributed by atoms with Crippen molar-refractivity contribution in [2.45, 2.75) is 26.4 Å². The van der Waals surface area contributed by atoms with Crippen molar-refractivity contribution in [2.75, 3.05) is 10.6 Å². The van der Waals surface area contributed by atoms with Crippen molar-refractivity contribution in [2.24, 2.45) is 0 Å². The molecule has 3 aromatic rings. The largest absolute Gasteiger partial charge is 0.365 e. The number of hydrogen-bond donors (Lipinski definition) is 2. The fourth-order valence-electron chi connectivity index (χ4n) is 2.21. The van der Waals surface area contributed by atoms with Gasteiger partial charge >= 0.3 is 0 Å². The number of thiophene rings is 1. The van der Waals surface area contributed by atoms with Gasteiger partial charge in [0.05, 0.1) is 12.2 Å². The maximum absolute atomic E-state index is 4.63. The molecule has 0 atom stereocenters. The van der Waals surface area contributed by atoms with Crippen LogP contribution in [0.2, 0.25) is 0 Å². The molecule has 0 spiro atoms. The summed E-state index contributed by atoms with van der Waals surface area (Å²) >= 11 is 1.74. The average Bonchev–Trinajstić information content (AvgIpc) is 3.06. The third-order valence-electron chi connectivity index (χ3n) is 3.24. The highest BCUT2D eigenvalue weighted by Gasteiger charge is 2.08. The monoisotopic (exact) mass is 324 g/mol. The van der Waals surface area contributed by atoms with Crippen LogP contribution in [0.4, 0.5) is 11.8 Å². The number of nitrogens with zero attached hydrogens (tertiary/aromatic N) is 2. The van der Waals surface area contributed by atoms with E-state index in [2.05, 4.69) is 64.1 Å². The average molecular weight is 324 g/mol. The molecule has 0 unspecified atom stereocenters. The zero-order valence-electron chi connectivity index (χ0n) is 13.3. The van der Waals surface area contributed by atoms with Gasteiger partial charge in [-0.2, -0.15) is 4.98 Å². The molecule has 118 valence electrons. The molecular weight excluding hydrogens is 304 g/mol. The van der Waals surface area contributed by atoms with E-state index in [1.165, 1.54) is 4.88 Å². The molecule has 0 fully saturated rings. The van der Waals surface area contributed by atoms with E-state index >= 15 is 0 Å². The van der Waals surface area contributed by atoms with E-state index in [1.807, 2.05) is 24.3 Å². The van der Waals surface area contributed by atoms with Crippen LogP contribution in [0.1, 0.15) is 18.7 Å². The summed E-state index contributed by atoms with van der Waals surface area (Å²) in [7, 11) is 0. The lowest BCUT2D eigenvalue weighted by molar-refractivity contribution is 0.874. The van der Waals surface area contributed by atoms with E-state index in [-0.39, 0.29) is 6.04 Å². The van der Waals surface area contributed by atoms with Gasteiger partial charge in [-0.1, -0.05) is 36.4 Å². The third kappa shape index (κ3) is 4.29. The standard InChI is InChI=1S/C18H20N4S/c1-13(2)20-18-21-16(14-7-4-3-5-8-14)11-17(22-18)19-12-15-9-6-10-23-15/h3-11,13H,12H2,1-2H3,(H2,19,20,21,22). The summed E-state index contributed by atoms with van der Waals surface area (Å²) in [5.74, 6) is 1.48. The summed E-state index contributed by atoms with van der Waals surface area (Å²) in [6.07, 6.45) is 0. The molecule has 0 saturated carbocycles. The second kappa shape index (κ2) is 7.24. The van der Waals surface area contributed by atoms with Crippen LogP contribution in [0.3, 0.4) is 0 Å². The lowest BCUT2D eigenvalue weighted by Crippen LogP contribution is -2.14. The molecule has 23 heavy (non-hydrogen) atoms. The number of anilines is 2. The Morgan fingerprint density at radius 2 is 1.87 bits per heavy atom. The lowest BCUT2D eigenvalue weighted by Gasteiger charge is -2.13. The topological polar surface area (TPSA) is 49.8 Å². The van der Waals surface area contributed by atoms with E-state index in [1.54, 1.807) is 11.3 Å². The minimum Gasteiger partial charge on any atom is -0.365 e. The Morgan fingerprint density at radius 3 is 2.57 bits per heavy atom. The molecule has 0 bridgehead atoms. The van der Waals surface area contributed by atoms with Crippen LogP contribution in [0.5, 0.6) is 0 Å². The van der Waals surface area contributed by atoms with Crippen LogP contribution in [-0.4, -0.2) is 16.0 Å². The van der Waals surface area contributed by atoms with Gasteiger partial charge in [0.1, 0.15) is 5.82 Å². The SMILES string of the molecule is CC(C)Nc1nc(NCc2cccs2)cc(-c2ccccc2)n1. The number of rotatable bonds is 6. The quantitative estimate of drug-likeness (QED) is 0.693. The first-order chi connectivity index (χ1) is 11.2. The molecule has 4 nitrogen and oxygen atoms in total. The van der Waals surface area contributed by atoms with Gasteiger partial charge in [0.2, 0.25) is 5.95 Å². The van der Waals surface area contributed by atoms with Crippen molar-refractivity contribution < 1.29 is 0 Å². The van der Waals surface area contributed by atoms with E-state index in [9.17, 15) is 0 Å². The first-order valence-electron chi connectivity index (χ1n) is 7.68.